The van der Waals surface area contributed by atoms with Crippen molar-refractivity contribution in [2.45, 2.75) is 116 Å². The van der Waals surface area contributed by atoms with Crippen molar-refractivity contribution in [3.63, 3.8) is 0 Å². The third kappa shape index (κ3) is 31.4. The maximum Gasteiger partial charge on any atom is 0.314 e. The number of hydrogen-bond acceptors (Lipinski definition) is 13. The van der Waals surface area contributed by atoms with E-state index in [1.54, 1.807) is 26.0 Å². The number of carboxylic acid groups (broad SMARTS) is 3. The lowest BCUT2D eigenvalue weighted by Crippen LogP contribution is -2.35. The number of unbranched alkanes of at least 4 members (excludes halogenated alkanes) is 1. The van der Waals surface area contributed by atoms with E-state index in [2.05, 4.69) is 9.98 Å². The van der Waals surface area contributed by atoms with Gasteiger partial charge in [-0.25, -0.2) is 19.6 Å². The van der Waals surface area contributed by atoms with Crippen LogP contribution in [0.2, 0.25) is 0 Å². The first-order chi connectivity index (χ1) is 23.9. The van der Waals surface area contributed by atoms with Crippen LogP contribution < -0.4 is 0 Å². The maximum atomic E-state index is 10.2. The Kier molecular flexibility index (Phi) is 32.5. The van der Waals surface area contributed by atoms with Gasteiger partial charge in [0.15, 0.2) is 0 Å². The topological polar surface area (TPSA) is 275 Å². The molecule has 0 spiro atoms. The van der Waals surface area contributed by atoms with Crippen LogP contribution in [0.1, 0.15) is 104 Å². The van der Waals surface area contributed by atoms with Gasteiger partial charge in [-0.1, -0.05) is 13.8 Å². The van der Waals surface area contributed by atoms with Gasteiger partial charge in [-0.05, 0) is 103 Å². The number of aliphatic hydroxyl groups excluding tert-OH is 5. The number of isocyanates is 2. The molecule has 298 valence electrons. The monoisotopic (exact) mass is 735 g/mol. The Morgan fingerprint density at radius 3 is 1.16 bits per heavy atom. The van der Waals surface area contributed by atoms with Gasteiger partial charge in [-0.2, -0.15) is 0 Å². The molecular weight excluding hydrogens is 670 g/mol. The van der Waals surface area contributed by atoms with Gasteiger partial charge in [-0.15, -0.1) is 0 Å². The minimum Gasteiger partial charge on any atom is -0.481 e. The zero-order valence-electron chi connectivity index (χ0n) is 31.2. The lowest BCUT2D eigenvalue weighted by molar-refractivity contribution is -0.153. The summed E-state index contributed by atoms with van der Waals surface area (Å²) in [6.45, 7) is 4.90. The summed E-state index contributed by atoms with van der Waals surface area (Å²) in [6.07, 6.45) is 14.7. The van der Waals surface area contributed by atoms with Gasteiger partial charge in [0.1, 0.15) is 5.41 Å². The molecule has 0 aromatic heterocycles. The SMILES string of the molecule is CC(C)(CO)CO.CC(CO)(CO)C(=O)O.CN(C)CCO.O=C(O)CCCCC(=O)O.O=C=NC1CCC(CC2CCC(N=C=O)CC2)CC1. The van der Waals surface area contributed by atoms with Gasteiger partial charge in [0.2, 0.25) is 12.2 Å². The number of carbonyl (C=O) groups is 3. The zero-order chi connectivity index (χ0) is 39.9. The Morgan fingerprint density at radius 1 is 0.647 bits per heavy atom. The number of aliphatic imine (C=N–C) groups is 2. The number of carboxylic acids is 3. The largest absolute Gasteiger partial charge is 0.481 e. The molecule has 2 rings (SSSR count). The fourth-order valence-corrected chi connectivity index (χ4v) is 4.63. The standard InChI is InChI=1S/C15H22N2O2.C6H10O4.C5H10O4.C5H12O2.C4H11NO/c18-10-16-14-5-1-12(2-6-14)9-13-3-7-15(8-4-13)17-11-19;7-5(8)3-1-2-4-6(9)10;1-5(2-6,3-7)4(8)9;1-5(2,3-6)4-7;1-5(2)3-4-6/h12-15H,1-9H2;1-4H2,(H,7,8)(H,9,10);6-7H,2-3H2,1H3,(H,8,9);6-7H,3-4H2,1-2H3;6H,3-4H2,1-2H3. The second-order valence-electron chi connectivity index (χ2n) is 14.2. The number of rotatable bonds is 16. The minimum atomic E-state index is -1.39. The normalized spacial score (nSPS) is 19.7. The molecule has 0 unspecified atom stereocenters. The molecule has 8 N–H and O–H groups in total. The van der Waals surface area contributed by atoms with E-state index in [9.17, 15) is 24.0 Å². The Morgan fingerprint density at radius 2 is 1.00 bits per heavy atom. The van der Waals surface area contributed by atoms with Crippen LogP contribution in [0.3, 0.4) is 0 Å². The number of hydrogen-bond donors (Lipinski definition) is 8. The number of aliphatic carboxylic acids is 3. The third-order valence-corrected chi connectivity index (χ3v) is 8.42. The van der Waals surface area contributed by atoms with E-state index < -0.39 is 36.5 Å². The smallest absolute Gasteiger partial charge is 0.314 e. The highest BCUT2D eigenvalue weighted by molar-refractivity contribution is 5.74. The van der Waals surface area contributed by atoms with E-state index in [-0.39, 0.29) is 50.2 Å². The van der Waals surface area contributed by atoms with Crippen LogP contribution in [0.15, 0.2) is 9.98 Å². The highest BCUT2D eigenvalue weighted by Gasteiger charge is 2.31. The molecule has 0 heterocycles. The van der Waals surface area contributed by atoms with E-state index in [1.807, 2.05) is 19.0 Å². The Hall–Kier alpha value is -3.07. The van der Waals surface area contributed by atoms with Crippen molar-refractivity contribution in [2.24, 2.45) is 32.7 Å². The average Bonchev–Trinajstić information content (AvgIpc) is 3.09. The highest BCUT2D eigenvalue weighted by Crippen LogP contribution is 2.36. The van der Waals surface area contributed by atoms with Crippen molar-refractivity contribution < 1.29 is 64.8 Å². The molecule has 0 saturated heterocycles. The summed E-state index contributed by atoms with van der Waals surface area (Å²) >= 11 is 0. The van der Waals surface area contributed by atoms with E-state index in [0.717, 1.165) is 44.1 Å². The van der Waals surface area contributed by atoms with E-state index in [4.69, 9.17) is 40.9 Å². The summed E-state index contributed by atoms with van der Waals surface area (Å²) in [5.41, 5.74) is -1.69. The lowest BCUT2D eigenvalue weighted by atomic mass is 9.76. The Labute approximate surface area is 302 Å². The van der Waals surface area contributed by atoms with E-state index in [1.165, 1.54) is 39.0 Å². The van der Waals surface area contributed by atoms with Crippen LogP contribution >= 0.6 is 0 Å². The van der Waals surface area contributed by atoms with Crippen LogP contribution in [0, 0.1) is 22.7 Å². The van der Waals surface area contributed by atoms with Crippen LogP contribution in [-0.2, 0) is 24.0 Å². The molecule has 51 heavy (non-hydrogen) atoms. The van der Waals surface area contributed by atoms with Crippen molar-refractivity contribution >= 4 is 30.1 Å². The van der Waals surface area contributed by atoms with Crippen LogP contribution in [-0.4, -0.2) is 142 Å². The minimum absolute atomic E-state index is 0.0451. The fraction of sp³-hybridized carbons (Fsp3) is 0.857. The first kappa shape index (κ1) is 52.3. The van der Waals surface area contributed by atoms with Gasteiger partial charge >= 0.3 is 17.9 Å². The number of likely N-dealkylation sites (N-methyl/N-ethyl adjacent to an activating group) is 1. The van der Waals surface area contributed by atoms with E-state index >= 15 is 0 Å². The lowest BCUT2D eigenvalue weighted by Gasteiger charge is -2.31. The van der Waals surface area contributed by atoms with Gasteiger partial charge < -0.3 is 45.8 Å². The van der Waals surface area contributed by atoms with Crippen molar-refractivity contribution in [3.8, 4) is 0 Å². The zero-order valence-corrected chi connectivity index (χ0v) is 31.2. The van der Waals surface area contributed by atoms with Gasteiger partial charge in [0.25, 0.3) is 0 Å². The predicted molar refractivity (Wildman–Crippen MR) is 190 cm³/mol. The third-order valence-electron chi connectivity index (χ3n) is 8.42. The summed E-state index contributed by atoms with van der Waals surface area (Å²) in [6, 6.07) is 0.456. The number of carbonyl (C=O) groups excluding carboxylic acids is 2. The molecule has 0 aliphatic heterocycles. The number of aliphatic hydroxyl groups is 5. The molecule has 0 aromatic carbocycles. The molecule has 16 heteroatoms. The summed E-state index contributed by atoms with van der Waals surface area (Å²) in [5, 5.41) is 66.5. The van der Waals surface area contributed by atoms with Crippen molar-refractivity contribution in [1.82, 2.24) is 4.90 Å². The quantitative estimate of drug-likeness (QED) is 0.0643. The molecule has 2 aliphatic carbocycles. The Balaban J connectivity index is -0.000000616. The van der Waals surface area contributed by atoms with Crippen LogP contribution in [0.5, 0.6) is 0 Å². The Bertz CT molecular complexity index is 950. The molecule has 2 fully saturated rings. The first-order valence-electron chi connectivity index (χ1n) is 17.4. The average molecular weight is 736 g/mol. The van der Waals surface area contributed by atoms with Crippen LogP contribution in [0.25, 0.3) is 0 Å². The van der Waals surface area contributed by atoms with Gasteiger partial charge in [0.05, 0.1) is 45.1 Å². The summed E-state index contributed by atoms with van der Waals surface area (Å²) in [4.78, 5) is 60.0. The predicted octanol–water partition coefficient (Wildman–Crippen LogP) is 2.48. The van der Waals surface area contributed by atoms with Crippen LogP contribution in [0.4, 0.5) is 0 Å². The molecule has 2 aliphatic rings. The molecule has 0 amide bonds. The fourth-order valence-electron chi connectivity index (χ4n) is 4.63. The molecule has 2 saturated carbocycles. The molecule has 0 aromatic rings. The molecule has 0 radical (unpaired) electrons. The van der Waals surface area contributed by atoms with Gasteiger partial charge in [0, 0.05) is 24.8 Å². The molecule has 0 bridgehead atoms. The maximum absolute atomic E-state index is 10.2. The second-order valence-corrected chi connectivity index (χ2v) is 14.2. The highest BCUT2D eigenvalue weighted by atomic mass is 16.4. The van der Waals surface area contributed by atoms with Crippen molar-refractivity contribution in [3.05, 3.63) is 0 Å². The van der Waals surface area contributed by atoms with Crippen molar-refractivity contribution in [1.29, 1.82) is 0 Å². The number of nitrogens with zero attached hydrogens (tertiary/aromatic N) is 3. The first-order valence-corrected chi connectivity index (χ1v) is 17.4. The summed E-state index contributed by atoms with van der Waals surface area (Å²) in [5.74, 6) is -1.33. The van der Waals surface area contributed by atoms with E-state index in [0.29, 0.717) is 12.8 Å². The van der Waals surface area contributed by atoms with Crippen molar-refractivity contribution in [2.75, 3.05) is 53.7 Å². The molecular formula is C35H65N3O13. The van der Waals surface area contributed by atoms with Gasteiger partial charge in [-0.3, -0.25) is 14.4 Å². The summed E-state index contributed by atoms with van der Waals surface area (Å²) < 4.78 is 0. The summed E-state index contributed by atoms with van der Waals surface area (Å²) in [7, 11) is 3.85. The molecule has 0 atom stereocenters. The second kappa shape index (κ2) is 31.6. The molecule has 16 nitrogen and oxygen atoms in total.